The van der Waals surface area contributed by atoms with Gasteiger partial charge in [0.25, 0.3) is 5.91 Å². The van der Waals surface area contributed by atoms with Crippen LogP contribution in [0.25, 0.3) is 0 Å². The molecule has 6 nitrogen and oxygen atoms in total. The Kier molecular flexibility index (Phi) is 4.02. The molecule has 2 N–H and O–H groups in total. The van der Waals surface area contributed by atoms with Crippen molar-refractivity contribution in [3.05, 3.63) is 41.7 Å². The number of carbonyl (C=O) groups excluding carboxylic acids is 1. The number of nitrogens with one attached hydrogen (secondary N) is 2. The summed E-state index contributed by atoms with van der Waals surface area (Å²) in [4.78, 5) is 15.9. The minimum atomic E-state index is -0.251. The topological polar surface area (TPSA) is 79.8 Å². The third kappa shape index (κ3) is 3.25. The highest BCUT2D eigenvalue weighted by atomic mass is 16.1. The maximum atomic E-state index is 12.0. The Hall–Kier alpha value is -2.50. The first-order valence-electron chi connectivity index (χ1n) is 6.00. The summed E-state index contributed by atoms with van der Waals surface area (Å²) in [5.41, 5.74) is 2.60. The van der Waals surface area contributed by atoms with Crippen LogP contribution in [0.3, 0.4) is 0 Å². The molecule has 0 aliphatic heterocycles. The fraction of sp³-hybridized carbons (Fsp3) is 0.231. The van der Waals surface area contributed by atoms with Gasteiger partial charge in [-0.05, 0) is 37.6 Å². The van der Waals surface area contributed by atoms with E-state index in [0.717, 1.165) is 17.8 Å². The average molecular weight is 257 g/mol. The summed E-state index contributed by atoms with van der Waals surface area (Å²) < 4.78 is 0. The van der Waals surface area contributed by atoms with Crippen molar-refractivity contribution in [2.75, 3.05) is 17.2 Å². The van der Waals surface area contributed by atoms with E-state index in [2.05, 4.69) is 25.8 Å². The summed E-state index contributed by atoms with van der Waals surface area (Å²) in [6.45, 7) is 4.82. The van der Waals surface area contributed by atoms with Crippen molar-refractivity contribution in [3.8, 4) is 0 Å². The second kappa shape index (κ2) is 5.90. The summed E-state index contributed by atoms with van der Waals surface area (Å²) in [5.74, 6) is -0.0555. The maximum absolute atomic E-state index is 12.0. The van der Waals surface area contributed by atoms with Gasteiger partial charge in [-0.2, -0.15) is 5.10 Å². The molecule has 1 heterocycles. The fourth-order valence-corrected chi connectivity index (χ4v) is 1.67. The number of nitrogens with zero attached hydrogens (tertiary/aromatic N) is 3. The Balaban J connectivity index is 2.14. The van der Waals surface area contributed by atoms with Crippen LogP contribution in [0.2, 0.25) is 0 Å². The van der Waals surface area contributed by atoms with Crippen molar-refractivity contribution in [2.45, 2.75) is 13.8 Å². The monoisotopic (exact) mass is 257 g/mol. The Labute approximate surface area is 111 Å². The zero-order valence-corrected chi connectivity index (χ0v) is 10.8. The molecule has 0 atom stereocenters. The number of aromatic nitrogens is 3. The van der Waals surface area contributed by atoms with E-state index in [0.29, 0.717) is 5.56 Å². The molecule has 0 fully saturated rings. The van der Waals surface area contributed by atoms with Gasteiger partial charge in [0.2, 0.25) is 5.95 Å². The molecule has 2 aromatic rings. The van der Waals surface area contributed by atoms with Gasteiger partial charge in [-0.25, -0.2) is 4.98 Å². The molecule has 0 unspecified atom stereocenters. The largest absolute Gasteiger partial charge is 0.385 e. The van der Waals surface area contributed by atoms with Gasteiger partial charge < -0.3 is 5.32 Å². The first-order valence-corrected chi connectivity index (χ1v) is 6.00. The molecular weight excluding hydrogens is 242 g/mol. The van der Waals surface area contributed by atoms with E-state index in [9.17, 15) is 4.79 Å². The van der Waals surface area contributed by atoms with Crippen molar-refractivity contribution in [3.63, 3.8) is 0 Å². The Morgan fingerprint density at radius 3 is 2.79 bits per heavy atom. The van der Waals surface area contributed by atoms with Gasteiger partial charge in [-0.3, -0.25) is 10.1 Å². The maximum Gasteiger partial charge on any atom is 0.258 e. The molecule has 0 aliphatic carbocycles. The lowest BCUT2D eigenvalue weighted by molar-refractivity contribution is 0.102. The number of amides is 1. The first-order chi connectivity index (χ1) is 9.20. The van der Waals surface area contributed by atoms with Gasteiger partial charge >= 0.3 is 0 Å². The molecule has 0 saturated carbocycles. The van der Waals surface area contributed by atoms with Crippen LogP contribution in [0, 0.1) is 6.92 Å². The van der Waals surface area contributed by atoms with Crippen LogP contribution in [-0.2, 0) is 0 Å². The molecule has 0 bridgehead atoms. The number of rotatable bonds is 4. The van der Waals surface area contributed by atoms with E-state index in [-0.39, 0.29) is 11.9 Å². The van der Waals surface area contributed by atoms with Gasteiger partial charge in [0, 0.05) is 17.8 Å². The summed E-state index contributed by atoms with van der Waals surface area (Å²) in [7, 11) is 0. The standard InChI is InChI=1S/C13H15N5O/c1-3-14-11-5-4-10(8-9(11)2)12(19)17-13-15-6-7-16-18-13/h4-8,14H,3H2,1-2H3,(H,15,17,18,19). The highest BCUT2D eigenvalue weighted by Crippen LogP contribution is 2.16. The normalized spacial score (nSPS) is 10.0. The van der Waals surface area contributed by atoms with Crippen LogP contribution in [0.4, 0.5) is 11.6 Å². The van der Waals surface area contributed by atoms with Crippen molar-refractivity contribution in [1.29, 1.82) is 0 Å². The predicted molar refractivity (Wildman–Crippen MR) is 73.1 cm³/mol. The van der Waals surface area contributed by atoms with Crippen LogP contribution >= 0.6 is 0 Å². The molecule has 98 valence electrons. The van der Waals surface area contributed by atoms with E-state index < -0.39 is 0 Å². The first kappa shape index (κ1) is 12.9. The third-order valence-electron chi connectivity index (χ3n) is 2.56. The summed E-state index contributed by atoms with van der Waals surface area (Å²) in [6.07, 6.45) is 2.92. The zero-order valence-electron chi connectivity index (χ0n) is 10.8. The van der Waals surface area contributed by atoms with Crippen molar-refractivity contribution < 1.29 is 4.79 Å². The summed E-state index contributed by atoms with van der Waals surface area (Å²) in [5, 5.41) is 13.2. The zero-order chi connectivity index (χ0) is 13.7. The van der Waals surface area contributed by atoms with Crippen LogP contribution < -0.4 is 10.6 Å². The number of aryl methyl sites for hydroxylation is 1. The summed E-state index contributed by atoms with van der Waals surface area (Å²) in [6, 6.07) is 5.47. The van der Waals surface area contributed by atoms with Crippen LogP contribution in [-0.4, -0.2) is 27.6 Å². The molecule has 1 aromatic heterocycles. The van der Waals surface area contributed by atoms with Crippen LogP contribution in [0.5, 0.6) is 0 Å². The lowest BCUT2D eigenvalue weighted by Crippen LogP contribution is -2.14. The van der Waals surface area contributed by atoms with E-state index in [1.807, 2.05) is 26.0 Å². The molecule has 0 aliphatic rings. The minimum Gasteiger partial charge on any atom is -0.385 e. The Bertz CT molecular complexity index is 571. The number of benzene rings is 1. The number of hydrogen-bond acceptors (Lipinski definition) is 5. The van der Waals surface area contributed by atoms with Crippen LogP contribution in [0.1, 0.15) is 22.8 Å². The molecule has 1 aromatic carbocycles. The predicted octanol–water partition coefficient (Wildman–Crippen LogP) is 1.86. The molecule has 6 heteroatoms. The molecular formula is C13H15N5O. The van der Waals surface area contributed by atoms with Crippen molar-refractivity contribution >= 4 is 17.5 Å². The minimum absolute atomic E-state index is 0.195. The summed E-state index contributed by atoms with van der Waals surface area (Å²) >= 11 is 0. The highest BCUT2D eigenvalue weighted by molar-refractivity contribution is 6.03. The van der Waals surface area contributed by atoms with Gasteiger partial charge in [0.05, 0.1) is 12.4 Å². The van der Waals surface area contributed by atoms with Crippen LogP contribution in [0.15, 0.2) is 30.6 Å². The highest BCUT2D eigenvalue weighted by Gasteiger charge is 2.09. The second-order valence-electron chi connectivity index (χ2n) is 3.98. The quantitative estimate of drug-likeness (QED) is 0.874. The van der Waals surface area contributed by atoms with Gasteiger partial charge in [0.1, 0.15) is 0 Å². The smallest absolute Gasteiger partial charge is 0.258 e. The molecule has 1 amide bonds. The molecule has 0 saturated heterocycles. The SMILES string of the molecule is CCNc1ccc(C(=O)Nc2nccnn2)cc1C. The molecule has 0 radical (unpaired) electrons. The molecule has 0 spiro atoms. The van der Waals surface area contributed by atoms with Gasteiger partial charge in [0.15, 0.2) is 0 Å². The number of anilines is 2. The lowest BCUT2D eigenvalue weighted by atomic mass is 10.1. The number of hydrogen-bond donors (Lipinski definition) is 2. The molecule has 19 heavy (non-hydrogen) atoms. The Morgan fingerprint density at radius 2 is 2.16 bits per heavy atom. The molecule has 2 rings (SSSR count). The van der Waals surface area contributed by atoms with E-state index in [1.54, 1.807) is 6.07 Å². The van der Waals surface area contributed by atoms with Crippen molar-refractivity contribution in [2.24, 2.45) is 0 Å². The lowest BCUT2D eigenvalue weighted by Gasteiger charge is -2.09. The van der Waals surface area contributed by atoms with E-state index >= 15 is 0 Å². The second-order valence-corrected chi connectivity index (χ2v) is 3.98. The third-order valence-corrected chi connectivity index (χ3v) is 2.56. The van der Waals surface area contributed by atoms with Gasteiger partial charge in [-0.1, -0.05) is 0 Å². The van der Waals surface area contributed by atoms with Crippen molar-refractivity contribution in [1.82, 2.24) is 15.2 Å². The van der Waals surface area contributed by atoms with E-state index in [1.165, 1.54) is 12.4 Å². The average Bonchev–Trinajstić information content (AvgIpc) is 2.42. The Morgan fingerprint density at radius 1 is 1.32 bits per heavy atom. The fourth-order valence-electron chi connectivity index (χ4n) is 1.67. The van der Waals surface area contributed by atoms with Gasteiger partial charge in [-0.15, -0.1) is 5.10 Å². The van der Waals surface area contributed by atoms with E-state index in [4.69, 9.17) is 0 Å². The number of carbonyl (C=O) groups is 1.